The number of hydrogen-bond acceptors (Lipinski definition) is 2. The Kier molecular flexibility index (Phi) is 1.12. The first-order valence-electron chi connectivity index (χ1n) is 3.40. The lowest BCUT2D eigenvalue weighted by Crippen LogP contribution is -1.77. The molecule has 0 bridgehead atoms. The number of benzene rings is 1. The van der Waals surface area contributed by atoms with Gasteiger partial charge in [0, 0.05) is 10.9 Å². The smallest absolute Gasteiger partial charge is 0.120 e. The largest absolute Gasteiger partial charge is 0.508 e. The molecule has 0 unspecified atom stereocenters. The number of hydrogen-bond donors (Lipinski definition) is 2. The van der Waals surface area contributed by atoms with Gasteiger partial charge in [0.1, 0.15) is 5.75 Å². The summed E-state index contributed by atoms with van der Waals surface area (Å²) >= 11 is 0. The maximum atomic E-state index is 9.29. The van der Waals surface area contributed by atoms with Crippen LogP contribution in [0, 0.1) is 6.92 Å². The minimum absolute atomic E-state index is 0.307. The Morgan fingerprint density at radius 1 is 1.45 bits per heavy atom. The third-order valence-electron chi connectivity index (χ3n) is 1.85. The highest BCUT2D eigenvalue weighted by atomic mass is 16.3. The number of aryl methyl sites for hydroxylation is 1. The van der Waals surface area contributed by atoms with E-state index in [9.17, 15) is 5.11 Å². The van der Waals surface area contributed by atoms with Crippen LogP contribution in [0.25, 0.3) is 10.9 Å². The van der Waals surface area contributed by atoms with Gasteiger partial charge in [0.25, 0.3) is 0 Å². The van der Waals surface area contributed by atoms with E-state index < -0.39 is 0 Å². The summed E-state index contributed by atoms with van der Waals surface area (Å²) in [6.07, 6.45) is 1.74. The average molecular weight is 148 g/mol. The molecule has 3 heteroatoms. The minimum Gasteiger partial charge on any atom is -0.508 e. The first-order valence-corrected chi connectivity index (χ1v) is 3.40. The van der Waals surface area contributed by atoms with E-state index in [0.29, 0.717) is 5.75 Å². The van der Waals surface area contributed by atoms with Crippen LogP contribution < -0.4 is 0 Å². The molecule has 11 heavy (non-hydrogen) atoms. The standard InChI is InChI=1S/C8H8N2O/c1-5-7(11)3-2-6-4-9-10-8(5)6/h2-4,11H,1H3,(H,9,10). The number of H-pyrrole nitrogens is 1. The van der Waals surface area contributed by atoms with E-state index in [0.717, 1.165) is 16.5 Å². The second-order valence-corrected chi connectivity index (χ2v) is 2.54. The molecule has 0 saturated carbocycles. The van der Waals surface area contributed by atoms with Gasteiger partial charge in [0.15, 0.2) is 0 Å². The van der Waals surface area contributed by atoms with E-state index in [2.05, 4.69) is 10.2 Å². The van der Waals surface area contributed by atoms with Crippen molar-refractivity contribution in [2.24, 2.45) is 0 Å². The van der Waals surface area contributed by atoms with E-state index in [4.69, 9.17) is 0 Å². The summed E-state index contributed by atoms with van der Waals surface area (Å²) in [5, 5.41) is 17.0. The second kappa shape index (κ2) is 1.99. The molecule has 0 spiro atoms. The topological polar surface area (TPSA) is 48.9 Å². The molecule has 2 N–H and O–H groups in total. The summed E-state index contributed by atoms with van der Waals surface area (Å²) in [7, 11) is 0. The summed E-state index contributed by atoms with van der Waals surface area (Å²) in [6.45, 7) is 1.86. The normalized spacial score (nSPS) is 10.6. The van der Waals surface area contributed by atoms with Crippen LogP contribution >= 0.6 is 0 Å². The molecule has 1 aromatic heterocycles. The van der Waals surface area contributed by atoms with E-state index in [1.165, 1.54) is 0 Å². The van der Waals surface area contributed by atoms with Gasteiger partial charge in [0.2, 0.25) is 0 Å². The van der Waals surface area contributed by atoms with Crippen LogP contribution in [0.2, 0.25) is 0 Å². The molecule has 2 aromatic rings. The fraction of sp³-hybridized carbons (Fsp3) is 0.125. The van der Waals surface area contributed by atoms with Crippen molar-refractivity contribution in [1.82, 2.24) is 10.2 Å². The number of aromatic amines is 1. The number of fused-ring (bicyclic) bond motifs is 1. The molecular weight excluding hydrogens is 140 g/mol. The van der Waals surface area contributed by atoms with Crippen molar-refractivity contribution in [3.63, 3.8) is 0 Å². The first kappa shape index (κ1) is 6.22. The number of phenolic OH excluding ortho intramolecular Hbond substituents is 1. The van der Waals surface area contributed by atoms with Crippen LogP contribution in [0.1, 0.15) is 5.56 Å². The van der Waals surface area contributed by atoms with Crippen molar-refractivity contribution < 1.29 is 5.11 Å². The van der Waals surface area contributed by atoms with Gasteiger partial charge in [-0.1, -0.05) is 0 Å². The van der Waals surface area contributed by atoms with E-state index in [1.807, 2.05) is 13.0 Å². The predicted octanol–water partition coefficient (Wildman–Crippen LogP) is 1.58. The van der Waals surface area contributed by atoms with Gasteiger partial charge in [-0.2, -0.15) is 5.10 Å². The molecule has 0 atom stereocenters. The van der Waals surface area contributed by atoms with E-state index in [-0.39, 0.29) is 0 Å². The highest BCUT2D eigenvalue weighted by Crippen LogP contribution is 2.23. The van der Waals surface area contributed by atoms with Crippen LogP contribution in [0.3, 0.4) is 0 Å². The number of nitrogens with zero attached hydrogens (tertiary/aromatic N) is 1. The van der Waals surface area contributed by atoms with Crippen molar-refractivity contribution in [2.45, 2.75) is 6.92 Å². The van der Waals surface area contributed by atoms with Crippen molar-refractivity contribution in [1.29, 1.82) is 0 Å². The summed E-state index contributed by atoms with van der Waals surface area (Å²) in [5.41, 5.74) is 1.75. The van der Waals surface area contributed by atoms with Crippen molar-refractivity contribution in [3.8, 4) is 5.75 Å². The van der Waals surface area contributed by atoms with Crippen molar-refractivity contribution in [3.05, 3.63) is 23.9 Å². The molecule has 0 saturated heterocycles. The Morgan fingerprint density at radius 3 is 3.09 bits per heavy atom. The number of aromatic hydroxyl groups is 1. The molecule has 56 valence electrons. The molecule has 0 fully saturated rings. The highest BCUT2D eigenvalue weighted by Gasteiger charge is 2.01. The summed E-state index contributed by atoms with van der Waals surface area (Å²) in [4.78, 5) is 0. The summed E-state index contributed by atoms with van der Waals surface area (Å²) in [5.74, 6) is 0.307. The fourth-order valence-electron chi connectivity index (χ4n) is 1.14. The molecule has 0 aliphatic heterocycles. The molecule has 0 aliphatic rings. The molecular formula is C8H8N2O. The molecule has 0 aliphatic carbocycles. The van der Waals surface area contributed by atoms with Crippen LogP contribution in [0.15, 0.2) is 18.3 Å². The maximum absolute atomic E-state index is 9.29. The Hall–Kier alpha value is -1.51. The minimum atomic E-state index is 0.307. The van der Waals surface area contributed by atoms with Gasteiger partial charge in [-0.15, -0.1) is 0 Å². The molecule has 0 radical (unpaired) electrons. The van der Waals surface area contributed by atoms with Crippen LogP contribution in [-0.2, 0) is 0 Å². The second-order valence-electron chi connectivity index (χ2n) is 2.54. The van der Waals surface area contributed by atoms with Gasteiger partial charge in [-0.05, 0) is 19.1 Å². The Bertz CT molecular complexity index is 392. The third-order valence-corrected chi connectivity index (χ3v) is 1.85. The van der Waals surface area contributed by atoms with Gasteiger partial charge in [0.05, 0.1) is 11.7 Å². The van der Waals surface area contributed by atoms with Crippen LogP contribution in [0.5, 0.6) is 5.75 Å². The molecule has 1 aromatic carbocycles. The zero-order valence-corrected chi connectivity index (χ0v) is 6.13. The summed E-state index contributed by atoms with van der Waals surface area (Å²) < 4.78 is 0. The van der Waals surface area contributed by atoms with Crippen LogP contribution in [-0.4, -0.2) is 15.3 Å². The monoisotopic (exact) mass is 148 g/mol. The SMILES string of the molecule is Cc1c(O)ccc2cn[nH]c12. The Balaban J connectivity index is 2.93. The molecule has 1 heterocycles. The third kappa shape index (κ3) is 0.774. The zero-order valence-electron chi connectivity index (χ0n) is 6.13. The van der Waals surface area contributed by atoms with Gasteiger partial charge < -0.3 is 5.11 Å². The van der Waals surface area contributed by atoms with Gasteiger partial charge >= 0.3 is 0 Å². The molecule has 0 amide bonds. The van der Waals surface area contributed by atoms with Crippen LogP contribution in [0.4, 0.5) is 0 Å². The quantitative estimate of drug-likeness (QED) is 0.595. The Morgan fingerprint density at radius 2 is 2.27 bits per heavy atom. The molecule has 3 nitrogen and oxygen atoms in total. The van der Waals surface area contributed by atoms with E-state index in [1.54, 1.807) is 12.3 Å². The maximum Gasteiger partial charge on any atom is 0.120 e. The molecule has 2 rings (SSSR count). The zero-order chi connectivity index (χ0) is 7.84. The lowest BCUT2D eigenvalue weighted by atomic mass is 10.1. The van der Waals surface area contributed by atoms with E-state index >= 15 is 0 Å². The number of rotatable bonds is 0. The first-order chi connectivity index (χ1) is 5.29. The fourth-order valence-corrected chi connectivity index (χ4v) is 1.14. The lowest BCUT2D eigenvalue weighted by Gasteiger charge is -1.97. The lowest BCUT2D eigenvalue weighted by molar-refractivity contribution is 0.472. The summed E-state index contributed by atoms with van der Waals surface area (Å²) in [6, 6.07) is 3.51. The average Bonchev–Trinajstić information content (AvgIpc) is 2.45. The van der Waals surface area contributed by atoms with Gasteiger partial charge in [-0.3, -0.25) is 5.10 Å². The van der Waals surface area contributed by atoms with Gasteiger partial charge in [-0.25, -0.2) is 0 Å². The number of nitrogens with one attached hydrogen (secondary N) is 1. The van der Waals surface area contributed by atoms with Crippen molar-refractivity contribution in [2.75, 3.05) is 0 Å². The predicted molar refractivity (Wildman–Crippen MR) is 42.5 cm³/mol. The van der Waals surface area contributed by atoms with Crippen molar-refractivity contribution >= 4 is 10.9 Å². The number of aromatic nitrogens is 2. The number of phenols is 1. The Labute approximate surface area is 63.7 Å². The highest BCUT2D eigenvalue weighted by molar-refractivity contribution is 5.83.